The fraction of sp³-hybridized carbons (Fsp3) is 0.556. The lowest BCUT2D eigenvalue weighted by atomic mass is 9.63. The Morgan fingerprint density at radius 2 is 1.79 bits per heavy atom. The molecular weight excluding hydrogens is 343 g/mol. The Kier molecular flexibility index (Phi) is 6.19. The summed E-state index contributed by atoms with van der Waals surface area (Å²) in [5.74, 6) is 3.48. The third kappa shape index (κ3) is 4.19. The summed E-state index contributed by atoms with van der Waals surface area (Å²) < 4.78 is 14.6. The summed E-state index contributed by atoms with van der Waals surface area (Å²) in [5.41, 5.74) is 2.27. The summed E-state index contributed by atoms with van der Waals surface area (Å²) in [5, 5.41) is 2.25. The molecule has 28 heavy (non-hydrogen) atoms. The molecule has 0 nitrogen and oxygen atoms in total. The Hall–Kier alpha value is -1.63. The number of rotatable bonds is 5. The number of hydrogen-bond donors (Lipinski definition) is 0. The molecule has 0 amide bonds. The summed E-state index contributed by atoms with van der Waals surface area (Å²) in [4.78, 5) is 0. The summed E-state index contributed by atoms with van der Waals surface area (Å²) in [6, 6.07) is 10.6. The Bertz CT molecular complexity index is 834. The van der Waals surface area contributed by atoms with Gasteiger partial charge in [-0.15, -0.1) is 0 Å². The van der Waals surface area contributed by atoms with Crippen molar-refractivity contribution in [2.75, 3.05) is 0 Å². The monoisotopic (exact) mass is 378 g/mol. The van der Waals surface area contributed by atoms with Crippen molar-refractivity contribution in [2.24, 2.45) is 17.8 Å². The predicted molar refractivity (Wildman–Crippen MR) is 118 cm³/mol. The van der Waals surface area contributed by atoms with Crippen molar-refractivity contribution in [1.82, 2.24) is 0 Å². The summed E-state index contributed by atoms with van der Waals surface area (Å²) in [6.07, 6.45) is 15.6. The Morgan fingerprint density at radius 1 is 0.964 bits per heavy atom. The smallest absolute Gasteiger partial charge is 0.127 e. The molecule has 0 saturated heterocycles. The van der Waals surface area contributed by atoms with Crippen LogP contribution in [-0.4, -0.2) is 0 Å². The second-order valence-corrected chi connectivity index (χ2v) is 9.28. The van der Waals surface area contributed by atoms with Crippen LogP contribution in [0.5, 0.6) is 0 Å². The van der Waals surface area contributed by atoms with E-state index in [1.54, 1.807) is 6.07 Å². The number of allylic oxidation sites excluding steroid dienone is 2. The van der Waals surface area contributed by atoms with Crippen LogP contribution in [0.2, 0.25) is 0 Å². The van der Waals surface area contributed by atoms with E-state index in [4.69, 9.17) is 0 Å². The number of benzene rings is 2. The van der Waals surface area contributed by atoms with E-state index in [0.29, 0.717) is 5.92 Å². The minimum atomic E-state index is -0.0456. The fourth-order valence-electron chi connectivity index (χ4n) is 5.85. The van der Waals surface area contributed by atoms with Gasteiger partial charge in [-0.3, -0.25) is 0 Å². The molecule has 2 aromatic carbocycles. The van der Waals surface area contributed by atoms with Crippen LogP contribution in [-0.2, 0) is 6.42 Å². The first-order valence-corrected chi connectivity index (χ1v) is 11.5. The highest BCUT2D eigenvalue weighted by Gasteiger charge is 2.35. The first-order valence-electron chi connectivity index (χ1n) is 11.5. The lowest BCUT2D eigenvalue weighted by Crippen LogP contribution is -2.30. The molecule has 2 aliphatic rings. The molecule has 1 heteroatoms. The van der Waals surface area contributed by atoms with Crippen molar-refractivity contribution >= 4 is 10.8 Å². The van der Waals surface area contributed by atoms with Gasteiger partial charge in [0, 0.05) is 0 Å². The SMILES string of the molecule is C/C=C/CCc1cc2ccc(C3CCC4CC(CC)CCC4C3)cc2cc1F. The van der Waals surface area contributed by atoms with Crippen LogP contribution in [0.4, 0.5) is 4.39 Å². The van der Waals surface area contributed by atoms with Gasteiger partial charge in [-0.25, -0.2) is 4.39 Å². The van der Waals surface area contributed by atoms with E-state index in [1.165, 1.54) is 55.9 Å². The second-order valence-electron chi connectivity index (χ2n) is 9.28. The molecule has 0 heterocycles. The van der Waals surface area contributed by atoms with Crippen LogP contribution in [0.1, 0.15) is 82.3 Å². The van der Waals surface area contributed by atoms with E-state index in [1.807, 2.05) is 13.0 Å². The number of fused-ring (bicyclic) bond motifs is 2. The molecular formula is C27H35F. The highest BCUT2D eigenvalue weighted by molar-refractivity contribution is 5.84. The van der Waals surface area contributed by atoms with E-state index in [-0.39, 0.29) is 5.82 Å². The zero-order chi connectivity index (χ0) is 19.5. The number of aryl methyl sites for hydroxylation is 1. The van der Waals surface area contributed by atoms with Gasteiger partial charge in [-0.05, 0) is 110 Å². The van der Waals surface area contributed by atoms with E-state index in [2.05, 4.69) is 37.3 Å². The van der Waals surface area contributed by atoms with Gasteiger partial charge in [0.25, 0.3) is 0 Å². The van der Waals surface area contributed by atoms with E-state index in [0.717, 1.165) is 41.5 Å². The summed E-state index contributed by atoms with van der Waals surface area (Å²) in [7, 11) is 0. The maximum Gasteiger partial charge on any atom is 0.127 e. The van der Waals surface area contributed by atoms with Crippen molar-refractivity contribution in [3.63, 3.8) is 0 Å². The van der Waals surface area contributed by atoms with Gasteiger partial charge in [0.2, 0.25) is 0 Å². The maximum atomic E-state index is 14.6. The van der Waals surface area contributed by atoms with Crippen LogP contribution >= 0.6 is 0 Å². The normalized spacial score (nSPS) is 28.0. The molecule has 2 aliphatic carbocycles. The molecule has 0 aromatic heterocycles. The molecule has 0 aliphatic heterocycles. The second kappa shape index (κ2) is 8.80. The number of hydrogen-bond acceptors (Lipinski definition) is 0. The molecule has 4 unspecified atom stereocenters. The lowest BCUT2D eigenvalue weighted by molar-refractivity contribution is 0.116. The van der Waals surface area contributed by atoms with E-state index < -0.39 is 0 Å². The molecule has 150 valence electrons. The van der Waals surface area contributed by atoms with Crippen LogP contribution < -0.4 is 0 Å². The van der Waals surface area contributed by atoms with Gasteiger partial charge in [0.05, 0.1) is 0 Å². The first-order chi connectivity index (χ1) is 13.7. The highest BCUT2D eigenvalue weighted by atomic mass is 19.1. The van der Waals surface area contributed by atoms with Gasteiger partial charge in [-0.2, -0.15) is 0 Å². The Labute approximate surface area is 170 Å². The average molecular weight is 379 g/mol. The lowest BCUT2D eigenvalue weighted by Gasteiger charge is -2.42. The minimum Gasteiger partial charge on any atom is -0.207 e. The third-order valence-electron chi connectivity index (χ3n) is 7.62. The molecule has 2 fully saturated rings. The Morgan fingerprint density at radius 3 is 2.61 bits per heavy atom. The fourth-order valence-corrected chi connectivity index (χ4v) is 5.85. The van der Waals surface area contributed by atoms with Gasteiger partial charge < -0.3 is 0 Å². The molecule has 0 N–H and O–H groups in total. The van der Waals surface area contributed by atoms with Crippen molar-refractivity contribution in [2.45, 2.75) is 77.6 Å². The van der Waals surface area contributed by atoms with Crippen molar-refractivity contribution in [3.8, 4) is 0 Å². The quantitative estimate of drug-likeness (QED) is 0.460. The maximum absolute atomic E-state index is 14.6. The zero-order valence-electron chi connectivity index (χ0n) is 17.6. The van der Waals surface area contributed by atoms with Crippen LogP contribution in [0.25, 0.3) is 10.8 Å². The van der Waals surface area contributed by atoms with E-state index in [9.17, 15) is 4.39 Å². The molecule has 0 bridgehead atoms. The van der Waals surface area contributed by atoms with Crippen molar-refractivity contribution in [3.05, 3.63) is 59.4 Å². The van der Waals surface area contributed by atoms with Crippen LogP contribution in [0, 0.1) is 23.6 Å². The molecule has 2 saturated carbocycles. The third-order valence-corrected chi connectivity index (χ3v) is 7.62. The highest BCUT2D eigenvalue weighted by Crippen LogP contribution is 2.48. The molecule has 0 radical (unpaired) electrons. The summed E-state index contributed by atoms with van der Waals surface area (Å²) >= 11 is 0. The Balaban J connectivity index is 1.50. The zero-order valence-corrected chi connectivity index (χ0v) is 17.6. The van der Waals surface area contributed by atoms with Gasteiger partial charge in [0.1, 0.15) is 5.82 Å². The molecule has 0 spiro atoms. The van der Waals surface area contributed by atoms with Gasteiger partial charge in [-0.1, -0.05) is 50.1 Å². The van der Waals surface area contributed by atoms with Gasteiger partial charge in [0.15, 0.2) is 0 Å². The molecule has 4 rings (SSSR count). The van der Waals surface area contributed by atoms with Crippen molar-refractivity contribution < 1.29 is 4.39 Å². The molecule has 4 atom stereocenters. The minimum absolute atomic E-state index is 0.0456. The van der Waals surface area contributed by atoms with Crippen LogP contribution in [0.15, 0.2) is 42.5 Å². The van der Waals surface area contributed by atoms with E-state index >= 15 is 0 Å². The largest absolute Gasteiger partial charge is 0.207 e. The topological polar surface area (TPSA) is 0 Å². The predicted octanol–water partition coefficient (Wildman–Crippen LogP) is 8.20. The van der Waals surface area contributed by atoms with Gasteiger partial charge >= 0.3 is 0 Å². The summed E-state index contributed by atoms with van der Waals surface area (Å²) in [6.45, 7) is 4.37. The molecule has 2 aromatic rings. The van der Waals surface area contributed by atoms with Crippen LogP contribution in [0.3, 0.4) is 0 Å². The average Bonchev–Trinajstić information content (AvgIpc) is 2.73. The van der Waals surface area contributed by atoms with Crippen molar-refractivity contribution in [1.29, 1.82) is 0 Å². The number of halogens is 1. The standard InChI is InChI=1S/C27H35F/c1-3-5-6-7-25-16-24-13-12-23(17-26(24)18-27(25)28)22-11-10-20-14-19(4-2)8-9-21(20)15-22/h3,5,12-13,16-22H,4,6-11,14-15H2,1-2H3/b5-3+. The first kappa shape index (κ1) is 19.7.